The highest BCUT2D eigenvalue weighted by atomic mass is 32.2. The van der Waals surface area contributed by atoms with E-state index in [1.807, 2.05) is 45.0 Å². The molecule has 0 aliphatic heterocycles. The lowest BCUT2D eigenvalue weighted by atomic mass is 10.0. The number of sulfonamides is 1. The molecule has 1 aromatic heterocycles. The van der Waals surface area contributed by atoms with Crippen LogP contribution >= 0.6 is 0 Å². The van der Waals surface area contributed by atoms with Gasteiger partial charge in [-0.1, -0.05) is 43.3 Å². The highest BCUT2D eigenvalue weighted by Crippen LogP contribution is 2.31. The monoisotopic (exact) mass is 415 g/mol. The van der Waals surface area contributed by atoms with Crippen molar-refractivity contribution in [1.29, 1.82) is 0 Å². The van der Waals surface area contributed by atoms with Crippen LogP contribution in [-0.2, 0) is 16.6 Å². The summed E-state index contributed by atoms with van der Waals surface area (Å²) < 4.78 is 38.9. The zero-order valence-corrected chi connectivity index (χ0v) is 18.0. The number of hydrogen-bond donors (Lipinski definition) is 1. The summed E-state index contributed by atoms with van der Waals surface area (Å²) >= 11 is 0. The SMILES string of the molecule is COc1cc(C)c(S(=O)(=O)NCc2nc(-c3ccccc3C)no2)cc1C(C)C. The van der Waals surface area contributed by atoms with Crippen molar-refractivity contribution in [3.63, 3.8) is 0 Å². The van der Waals surface area contributed by atoms with Gasteiger partial charge in [0.25, 0.3) is 0 Å². The van der Waals surface area contributed by atoms with Crippen molar-refractivity contribution in [2.45, 2.75) is 45.1 Å². The molecule has 1 heterocycles. The summed E-state index contributed by atoms with van der Waals surface area (Å²) in [5.41, 5.74) is 3.29. The van der Waals surface area contributed by atoms with E-state index < -0.39 is 10.0 Å². The van der Waals surface area contributed by atoms with Gasteiger partial charge in [0.05, 0.1) is 18.6 Å². The van der Waals surface area contributed by atoms with E-state index in [1.165, 1.54) is 0 Å². The van der Waals surface area contributed by atoms with Crippen molar-refractivity contribution in [2.24, 2.45) is 0 Å². The van der Waals surface area contributed by atoms with Crippen LogP contribution in [0.4, 0.5) is 0 Å². The topological polar surface area (TPSA) is 94.3 Å². The maximum absolute atomic E-state index is 12.9. The molecule has 0 saturated heterocycles. The molecule has 3 aromatic rings. The van der Waals surface area contributed by atoms with Crippen LogP contribution in [0.1, 0.15) is 42.3 Å². The van der Waals surface area contributed by atoms with Crippen molar-refractivity contribution < 1.29 is 17.7 Å². The Morgan fingerprint density at radius 2 is 1.86 bits per heavy atom. The van der Waals surface area contributed by atoms with Crippen LogP contribution in [0.25, 0.3) is 11.4 Å². The number of hydrogen-bond acceptors (Lipinski definition) is 6. The van der Waals surface area contributed by atoms with Gasteiger partial charge in [-0.2, -0.15) is 4.98 Å². The fourth-order valence-electron chi connectivity index (χ4n) is 3.09. The summed E-state index contributed by atoms with van der Waals surface area (Å²) in [6.07, 6.45) is 0. The van der Waals surface area contributed by atoms with Gasteiger partial charge < -0.3 is 9.26 Å². The van der Waals surface area contributed by atoms with Gasteiger partial charge in [0.15, 0.2) is 0 Å². The predicted octanol–water partition coefficient (Wildman–Crippen LogP) is 3.96. The second-order valence-electron chi connectivity index (χ2n) is 7.17. The molecule has 1 N–H and O–H groups in total. The van der Waals surface area contributed by atoms with Crippen molar-refractivity contribution in [3.05, 3.63) is 59.0 Å². The molecule has 3 rings (SSSR count). The molecule has 154 valence electrons. The van der Waals surface area contributed by atoms with Gasteiger partial charge in [0.2, 0.25) is 21.7 Å². The lowest BCUT2D eigenvalue weighted by Crippen LogP contribution is -2.24. The fraction of sp³-hybridized carbons (Fsp3) is 0.333. The maximum Gasteiger partial charge on any atom is 0.242 e. The molecule has 0 aliphatic rings. The number of aromatic nitrogens is 2. The lowest BCUT2D eigenvalue weighted by molar-refractivity contribution is 0.376. The highest BCUT2D eigenvalue weighted by Gasteiger charge is 2.22. The van der Waals surface area contributed by atoms with Gasteiger partial charge >= 0.3 is 0 Å². The van der Waals surface area contributed by atoms with Gasteiger partial charge in [-0.25, -0.2) is 13.1 Å². The third-order valence-electron chi connectivity index (χ3n) is 4.71. The molecule has 0 amide bonds. The van der Waals surface area contributed by atoms with E-state index in [-0.39, 0.29) is 23.2 Å². The number of nitrogens with one attached hydrogen (secondary N) is 1. The second-order valence-corrected chi connectivity index (χ2v) is 8.90. The Labute approximate surface area is 171 Å². The average molecular weight is 416 g/mol. The standard InChI is InChI=1S/C21H25N3O4S/c1-13(2)17-11-19(15(4)10-18(17)27-5)29(25,26)22-12-20-23-21(24-28-20)16-9-7-6-8-14(16)3/h6-11,13,22H,12H2,1-5H3. The molecule has 0 unspecified atom stereocenters. The molecule has 0 bridgehead atoms. The van der Waals surface area contributed by atoms with Crippen LogP contribution in [-0.4, -0.2) is 25.7 Å². The summed E-state index contributed by atoms with van der Waals surface area (Å²) in [6, 6.07) is 11.1. The summed E-state index contributed by atoms with van der Waals surface area (Å²) in [7, 11) is -2.19. The van der Waals surface area contributed by atoms with Crippen molar-refractivity contribution in [1.82, 2.24) is 14.9 Å². The third kappa shape index (κ3) is 4.49. The Hall–Kier alpha value is -2.71. The summed E-state index contributed by atoms with van der Waals surface area (Å²) in [5.74, 6) is 1.42. The van der Waals surface area contributed by atoms with Crippen LogP contribution in [0, 0.1) is 13.8 Å². The molecule has 0 saturated carbocycles. The van der Waals surface area contributed by atoms with E-state index in [0.717, 1.165) is 16.7 Å². The molecular weight excluding hydrogens is 390 g/mol. The highest BCUT2D eigenvalue weighted by molar-refractivity contribution is 7.89. The first kappa shape index (κ1) is 21.0. The summed E-state index contributed by atoms with van der Waals surface area (Å²) in [6.45, 7) is 7.58. The Morgan fingerprint density at radius 3 is 2.52 bits per heavy atom. The van der Waals surface area contributed by atoms with Crippen molar-refractivity contribution >= 4 is 10.0 Å². The molecule has 0 spiro atoms. The van der Waals surface area contributed by atoms with E-state index in [0.29, 0.717) is 17.1 Å². The normalized spacial score (nSPS) is 11.8. The van der Waals surface area contributed by atoms with Crippen LogP contribution in [0.15, 0.2) is 45.8 Å². The van der Waals surface area contributed by atoms with E-state index in [4.69, 9.17) is 9.26 Å². The van der Waals surface area contributed by atoms with Crippen LogP contribution in [0.2, 0.25) is 0 Å². The average Bonchev–Trinajstić information content (AvgIpc) is 3.15. The van der Waals surface area contributed by atoms with E-state index in [1.54, 1.807) is 26.2 Å². The van der Waals surface area contributed by atoms with E-state index >= 15 is 0 Å². The minimum absolute atomic E-state index is 0.0936. The molecule has 8 heteroatoms. The number of ether oxygens (including phenoxy) is 1. The summed E-state index contributed by atoms with van der Waals surface area (Å²) in [5, 5.41) is 3.96. The first-order valence-electron chi connectivity index (χ1n) is 9.29. The van der Waals surface area contributed by atoms with Gasteiger partial charge in [0, 0.05) is 5.56 Å². The number of methoxy groups -OCH3 is 1. The quantitative estimate of drug-likeness (QED) is 0.628. The second kappa shape index (κ2) is 8.34. The minimum Gasteiger partial charge on any atom is -0.496 e. The zero-order chi connectivity index (χ0) is 21.2. The Bertz CT molecular complexity index is 1120. The van der Waals surface area contributed by atoms with Crippen LogP contribution in [0.5, 0.6) is 5.75 Å². The fourth-order valence-corrected chi connectivity index (χ4v) is 4.32. The third-order valence-corrected chi connectivity index (χ3v) is 6.25. The van der Waals surface area contributed by atoms with Gasteiger partial charge in [-0.05, 0) is 48.6 Å². The van der Waals surface area contributed by atoms with Crippen molar-refractivity contribution in [2.75, 3.05) is 7.11 Å². The summed E-state index contributed by atoms with van der Waals surface area (Å²) in [4.78, 5) is 4.52. The molecule has 2 aromatic carbocycles. The van der Waals surface area contributed by atoms with E-state index in [2.05, 4.69) is 14.9 Å². The number of nitrogens with zero attached hydrogens (tertiary/aromatic N) is 2. The number of aryl methyl sites for hydroxylation is 2. The molecule has 0 radical (unpaired) electrons. The molecule has 0 fully saturated rings. The van der Waals surface area contributed by atoms with Crippen molar-refractivity contribution in [3.8, 4) is 17.1 Å². The zero-order valence-electron chi connectivity index (χ0n) is 17.2. The smallest absolute Gasteiger partial charge is 0.242 e. The Morgan fingerprint density at radius 1 is 1.14 bits per heavy atom. The molecular formula is C21H25N3O4S. The molecule has 0 atom stereocenters. The minimum atomic E-state index is -3.77. The van der Waals surface area contributed by atoms with Gasteiger partial charge in [0.1, 0.15) is 5.75 Å². The Kier molecular flexibility index (Phi) is 6.04. The number of rotatable bonds is 7. The van der Waals surface area contributed by atoms with Crippen LogP contribution in [0.3, 0.4) is 0 Å². The largest absolute Gasteiger partial charge is 0.496 e. The molecule has 29 heavy (non-hydrogen) atoms. The molecule has 0 aliphatic carbocycles. The van der Waals surface area contributed by atoms with Crippen LogP contribution < -0.4 is 9.46 Å². The molecule has 7 nitrogen and oxygen atoms in total. The van der Waals surface area contributed by atoms with Gasteiger partial charge in [-0.3, -0.25) is 0 Å². The predicted molar refractivity (Wildman–Crippen MR) is 110 cm³/mol. The first-order valence-corrected chi connectivity index (χ1v) is 10.8. The lowest BCUT2D eigenvalue weighted by Gasteiger charge is -2.16. The van der Waals surface area contributed by atoms with Gasteiger partial charge in [-0.15, -0.1) is 0 Å². The first-order chi connectivity index (χ1) is 13.7. The Balaban J connectivity index is 1.83. The van der Waals surface area contributed by atoms with E-state index in [9.17, 15) is 8.42 Å². The number of benzene rings is 2. The maximum atomic E-state index is 12.9.